The zero-order chi connectivity index (χ0) is 18.1. The minimum Gasteiger partial charge on any atom is -0.507 e. The third-order valence-electron chi connectivity index (χ3n) is 3.68. The van der Waals surface area contributed by atoms with Crippen molar-refractivity contribution in [2.24, 2.45) is 0 Å². The minimum absolute atomic E-state index is 0.0227. The molecule has 0 bridgehead atoms. The Morgan fingerprint density at radius 1 is 1.16 bits per heavy atom. The van der Waals surface area contributed by atoms with Gasteiger partial charge >= 0.3 is 0 Å². The highest BCUT2D eigenvalue weighted by atomic mass is 79.9. The Morgan fingerprint density at radius 3 is 2.52 bits per heavy atom. The van der Waals surface area contributed by atoms with Gasteiger partial charge in [-0.3, -0.25) is 19.8 Å². The normalized spacial score (nSPS) is 16.3. The lowest BCUT2D eigenvalue weighted by Crippen LogP contribution is -2.54. The standard InChI is InChI=1S/C18H13BrN2O3S/c1-10-2-5-13(6-3-10)21-17(24)14(16(23)20-18(21)25)9-11-8-12(19)4-7-15(11)22/h2-9,22H,1H3,(H,20,23,25)/b14-9+. The van der Waals surface area contributed by atoms with Crippen molar-refractivity contribution in [1.82, 2.24) is 5.32 Å². The fourth-order valence-electron chi connectivity index (χ4n) is 2.38. The summed E-state index contributed by atoms with van der Waals surface area (Å²) in [4.78, 5) is 26.3. The number of carbonyl (C=O) groups is 2. The van der Waals surface area contributed by atoms with Crippen LogP contribution in [0, 0.1) is 6.92 Å². The Hall–Kier alpha value is -2.51. The van der Waals surface area contributed by atoms with E-state index in [0.29, 0.717) is 15.7 Å². The van der Waals surface area contributed by atoms with E-state index >= 15 is 0 Å². The highest BCUT2D eigenvalue weighted by Crippen LogP contribution is 2.27. The van der Waals surface area contributed by atoms with Gasteiger partial charge in [0.25, 0.3) is 11.8 Å². The lowest BCUT2D eigenvalue weighted by atomic mass is 10.1. The molecule has 126 valence electrons. The molecular formula is C18H13BrN2O3S. The van der Waals surface area contributed by atoms with E-state index in [2.05, 4.69) is 21.2 Å². The molecule has 0 aliphatic carbocycles. The molecule has 2 aromatic rings. The van der Waals surface area contributed by atoms with Gasteiger partial charge in [-0.15, -0.1) is 0 Å². The lowest BCUT2D eigenvalue weighted by molar-refractivity contribution is -0.122. The topological polar surface area (TPSA) is 69.6 Å². The molecule has 7 heteroatoms. The molecular weight excluding hydrogens is 404 g/mol. The average Bonchev–Trinajstić information content (AvgIpc) is 2.56. The SMILES string of the molecule is Cc1ccc(N2C(=O)/C(=C/c3cc(Br)ccc3O)C(=O)NC2=S)cc1. The number of nitrogens with one attached hydrogen (secondary N) is 1. The number of anilines is 1. The van der Waals surface area contributed by atoms with E-state index in [4.69, 9.17) is 12.2 Å². The van der Waals surface area contributed by atoms with Crippen LogP contribution in [0.3, 0.4) is 0 Å². The second kappa shape index (κ2) is 6.78. The van der Waals surface area contributed by atoms with Crippen molar-refractivity contribution in [3.05, 3.63) is 63.6 Å². The fraction of sp³-hybridized carbons (Fsp3) is 0.0556. The number of amides is 2. The number of carbonyl (C=O) groups excluding carboxylic acids is 2. The van der Waals surface area contributed by atoms with Crippen molar-refractivity contribution in [3.63, 3.8) is 0 Å². The molecule has 5 nitrogen and oxygen atoms in total. The molecule has 2 aromatic carbocycles. The number of phenolic OH excluding ortho intramolecular Hbond substituents is 1. The number of benzene rings is 2. The van der Waals surface area contributed by atoms with Gasteiger partial charge < -0.3 is 5.11 Å². The molecule has 0 atom stereocenters. The first-order valence-corrected chi connectivity index (χ1v) is 8.53. The molecule has 1 aliphatic heterocycles. The number of hydrogen-bond acceptors (Lipinski definition) is 4. The van der Waals surface area contributed by atoms with Crippen molar-refractivity contribution in [2.75, 3.05) is 4.90 Å². The van der Waals surface area contributed by atoms with Crippen LogP contribution < -0.4 is 10.2 Å². The van der Waals surface area contributed by atoms with Crippen molar-refractivity contribution in [1.29, 1.82) is 0 Å². The first-order chi connectivity index (χ1) is 11.9. The van der Waals surface area contributed by atoms with E-state index < -0.39 is 11.8 Å². The Kier molecular flexibility index (Phi) is 4.69. The second-order valence-electron chi connectivity index (χ2n) is 5.50. The highest BCUT2D eigenvalue weighted by Gasteiger charge is 2.34. The summed E-state index contributed by atoms with van der Waals surface area (Å²) in [5.41, 5.74) is 1.84. The molecule has 0 unspecified atom stereocenters. The monoisotopic (exact) mass is 416 g/mol. The lowest BCUT2D eigenvalue weighted by Gasteiger charge is -2.29. The molecule has 1 aliphatic rings. The van der Waals surface area contributed by atoms with Gasteiger partial charge in [0.2, 0.25) is 0 Å². The zero-order valence-corrected chi connectivity index (χ0v) is 15.5. The van der Waals surface area contributed by atoms with Gasteiger partial charge in [0.15, 0.2) is 5.11 Å². The summed E-state index contributed by atoms with van der Waals surface area (Å²) in [6.07, 6.45) is 1.35. The maximum Gasteiger partial charge on any atom is 0.270 e. The molecule has 1 fully saturated rings. The minimum atomic E-state index is -0.599. The largest absolute Gasteiger partial charge is 0.507 e. The molecule has 2 amide bonds. The number of aryl methyl sites for hydroxylation is 1. The van der Waals surface area contributed by atoms with Crippen molar-refractivity contribution in [2.45, 2.75) is 6.92 Å². The van der Waals surface area contributed by atoms with Gasteiger partial charge in [-0.05, 0) is 55.5 Å². The van der Waals surface area contributed by atoms with Gasteiger partial charge in [0, 0.05) is 10.0 Å². The summed E-state index contributed by atoms with van der Waals surface area (Å²) in [6.45, 7) is 1.93. The number of aromatic hydroxyl groups is 1. The second-order valence-corrected chi connectivity index (χ2v) is 6.80. The molecule has 2 N–H and O–H groups in total. The zero-order valence-electron chi connectivity index (χ0n) is 13.1. The maximum absolute atomic E-state index is 12.8. The highest BCUT2D eigenvalue weighted by molar-refractivity contribution is 9.10. The van der Waals surface area contributed by atoms with Crippen molar-refractivity contribution < 1.29 is 14.7 Å². The van der Waals surface area contributed by atoms with Crippen LogP contribution in [0.4, 0.5) is 5.69 Å². The van der Waals surface area contributed by atoms with E-state index in [1.165, 1.54) is 17.0 Å². The first-order valence-electron chi connectivity index (χ1n) is 7.33. The third kappa shape index (κ3) is 3.47. The van der Waals surface area contributed by atoms with E-state index in [1.54, 1.807) is 24.3 Å². The predicted octanol–water partition coefficient (Wildman–Crippen LogP) is 3.29. The summed E-state index contributed by atoms with van der Waals surface area (Å²) < 4.78 is 0.715. The molecule has 25 heavy (non-hydrogen) atoms. The van der Waals surface area contributed by atoms with E-state index in [9.17, 15) is 14.7 Å². The van der Waals surface area contributed by atoms with Gasteiger partial charge in [0.1, 0.15) is 11.3 Å². The average molecular weight is 417 g/mol. The third-order valence-corrected chi connectivity index (χ3v) is 4.46. The van der Waals surface area contributed by atoms with Crippen LogP contribution >= 0.6 is 28.1 Å². The number of nitrogens with zero attached hydrogens (tertiary/aromatic N) is 1. The fourth-order valence-corrected chi connectivity index (χ4v) is 3.04. The van der Waals surface area contributed by atoms with Gasteiger partial charge in [-0.25, -0.2) is 0 Å². The van der Waals surface area contributed by atoms with E-state index in [-0.39, 0.29) is 16.4 Å². The molecule has 1 heterocycles. The van der Waals surface area contributed by atoms with Crippen LogP contribution in [-0.2, 0) is 9.59 Å². The van der Waals surface area contributed by atoms with Gasteiger partial charge in [-0.2, -0.15) is 0 Å². The first kappa shape index (κ1) is 17.3. The maximum atomic E-state index is 12.8. The van der Waals surface area contributed by atoms with Crippen LogP contribution in [0.15, 0.2) is 52.5 Å². The summed E-state index contributed by atoms with van der Waals surface area (Å²) in [7, 11) is 0. The van der Waals surface area contributed by atoms with E-state index in [0.717, 1.165) is 5.56 Å². The van der Waals surface area contributed by atoms with Crippen LogP contribution in [0.25, 0.3) is 6.08 Å². The Balaban J connectivity index is 2.05. The quantitative estimate of drug-likeness (QED) is 0.447. The van der Waals surface area contributed by atoms with Crippen LogP contribution in [0.2, 0.25) is 0 Å². The van der Waals surface area contributed by atoms with Crippen molar-refractivity contribution in [3.8, 4) is 5.75 Å². The van der Waals surface area contributed by atoms with Crippen LogP contribution in [-0.4, -0.2) is 22.0 Å². The summed E-state index contributed by atoms with van der Waals surface area (Å²) >= 11 is 8.45. The summed E-state index contributed by atoms with van der Waals surface area (Å²) in [5, 5.41) is 12.5. The summed E-state index contributed by atoms with van der Waals surface area (Å²) in [6, 6.07) is 12.0. The molecule has 0 radical (unpaired) electrons. The smallest absolute Gasteiger partial charge is 0.270 e. The number of halogens is 1. The molecule has 3 rings (SSSR count). The molecule has 1 saturated heterocycles. The van der Waals surface area contributed by atoms with Gasteiger partial charge in [0.05, 0.1) is 5.69 Å². The predicted molar refractivity (Wildman–Crippen MR) is 103 cm³/mol. The van der Waals surface area contributed by atoms with Crippen LogP contribution in [0.1, 0.15) is 11.1 Å². The van der Waals surface area contributed by atoms with Gasteiger partial charge in [-0.1, -0.05) is 33.6 Å². The van der Waals surface area contributed by atoms with E-state index in [1.807, 2.05) is 19.1 Å². The number of hydrogen-bond donors (Lipinski definition) is 2. The molecule has 0 spiro atoms. The Morgan fingerprint density at radius 2 is 1.84 bits per heavy atom. The number of phenols is 1. The van der Waals surface area contributed by atoms with Crippen molar-refractivity contribution >= 4 is 56.8 Å². The Labute approximate surface area is 158 Å². The molecule has 0 saturated carbocycles. The Bertz CT molecular complexity index is 922. The number of rotatable bonds is 2. The summed E-state index contributed by atoms with van der Waals surface area (Å²) in [5.74, 6) is -1.18. The van der Waals surface area contributed by atoms with Crippen LogP contribution in [0.5, 0.6) is 5.75 Å². The molecule has 0 aromatic heterocycles. The number of thiocarbonyl (C=S) groups is 1.